The van der Waals surface area contributed by atoms with Crippen LogP contribution in [0.25, 0.3) is 10.1 Å². The Labute approximate surface area is 118 Å². The van der Waals surface area contributed by atoms with Gasteiger partial charge in [-0.25, -0.2) is 0 Å². The quantitative estimate of drug-likeness (QED) is 0.694. The number of alkyl halides is 1. The van der Waals surface area contributed by atoms with Gasteiger partial charge in [-0.15, -0.1) is 22.9 Å². The molecule has 4 heteroatoms. The molecule has 17 heavy (non-hydrogen) atoms. The van der Waals surface area contributed by atoms with Crippen LogP contribution in [0.4, 0.5) is 0 Å². The molecule has 2 aromatic rings. The van der Waals surface area contributed by atoms with E-state index in [1.807, 2.05) is 0 Å². The minimum absolute atomic E-state index is 0.0273. The van der Waals surface area contributed by atoms with Crippen LogP contribution in [0.2, 0.25) is 0 Å². The van der Waals surface area contributed by atoms with Crippen molar-refractivity contribution < 1.29 is 4.74 Å². The molecule has 2 unspecified atom stereocenters. The minimum Gasteiger partial charge on any atom is -0.376 e. The summed E-state index contributed by atoms with van der Waals surface area (Å²) in [6.07, 6.45) is 2.37. The Kier molecular flexibility index (Phi) is 3.44. The third-order valence-corrected chi connectivity index (χ3v) is 5.66. The van der Waals surface area contributed by atoms with E-state index in [4.69, 9.17) is 16.3 Å². The van der Waals surface area contributed by atoms with Crippen molar-refractivity contribution in [2.45, 2.75) is 24.3 Å². The molecule has 90 valence electrons. The zero-order valence-electron chi connectivity index (χ0n) is 9.16. The molecule has 0 radical (unpaired) electrons. The third kappa shape index (κ3) is 2.14. The van der Waals surface area contributed by atoms with E-state index in [9.17, 15) is 0 Å². The Morgan fingerprint density at radius 3 is 3.12 bits per heavy atom. The molecular formula is C13H12BrClOS. The van der Waals surface area contributed by atoms with Gasteiger partial charge in [0.05, 0.1) is 11.5 Å². The van der Waals surface area contributed by atoms with E-state index >= 15 is 0 Å². The molecule has 1 aromatic carbocycles. The van der Waals surface area contributed by atoms with Crippen molar-refractivity contribution in [2.75, 3.05) is 6.61 Å². The monoisotopic (exact) mass is 330 g/mol. The van der Waals surface area contributed by atoms with E-state index < -0.39 is 0 Å². The van der Waals surface area contributed by atoms with Crippen molar-refractivity contribution in [3.8, 4) is 0 Å². The Bertz CT molecular complexity index is 533. The highest BCUT2D eigenvalue weighted by Crippen LogP contribution is 2.40. The van der Waals surface area contributed by atoms with Crippen molar-refractivity contribution in [3.63, 3.8) is 0 Å². The van der Waals surface area contributed by atoms with Crippen LogP contribution in [0.1, 0.15) is 23.8 Å². The smallest absolute Gasteiger partial charge is 0.0861 e. The van der Waals surface area contributed by atoms with Crippen LogP contribution in [-0.2, 0) is 4.74 Å². The van der Waals surface area contributed by atoms with Crippen LogP contribution in [-0.4, -0.2) is 12.7 Å². The summed E-state index contributed by atoms with van der Waals surface area (Å²) in [4.78, 5) is 0. The maximum atomic E-state index is 6.55. The molecule has 2 heterocycles. The summed E-state index contributed by atoms with van der Waals surface area (Å²) in [7, 11) is 0. The molecule has 0 amide bonds. The van der Waals surface area contributed by atoms with Gasteiger partial charge in [0.25, 0.3) is 0 Å². The van der Waals surface area contributed by atoms with Crippen LogP contribution in [0, 0.1) is 0 Å². The molecule has 0 N–H and O–H groups in total. The summed E-state index contributed by atoms with van der Waals surface area (Å²) in [5.41, 5.74) is 1.21. The molecule has 1 nitrogen and oxygen atoms in total. The van der Waals surface area contributed by atoms with Crippen LogP contribution in [0.5, 0.6) is 0 Å². The molecule has 1 aliphatic rings. The van der Waals surface area contributed by atoms with Gasteiger partial charge >= 0.3 is 0 Å². The summed E-state index contributed by atoms with van der Waals surface area (Å²) in [5.74, 6) is 0. The highest BCUT2D eigenvalue weighted by atomic mass is 79.9. The standard InChI is InChI=1S/C13H12BrClOS/c14-10-4-1-3-8-9(7-17-13(8)10)12(15)11-5-2-6-16-11/h1,3-4,7,11-12H,2,5-6H2. The fourth-order valence-corrected chi connectivity index (χ4v) is 4.40. The molecular weight excluding hydrogens is 320 g/mol. The zero-order chi connectivity index (χ0) is 11.8. The third-order valence-electron chi connectivity index (χ3n) is 3.17. The summed E-state index contributed by atoms with van der Waals surface area (Å²) in [6.45, 7) is 0.847. The van der Waals surface area contributed by atoms with Gasteiger partial charge in [-0.3, -0.25) is 0 Å². The first-order valence-electron chi connectivity index (χ1n) is 5.68. The lowest BCUT2D eigenvalue weighted by Crippen LogP contribution is -2.12. The molecule has 1 aliphatic heterocycles. The van der Waals surface area contributed by atoms with E-state index in [0.717, 1.165) is 23.9 Å². The molecule has 0 bridgehead atoms. The van der Waals surface area contributed by atoms with Crippen molar-refractivity contribution >= 4 is 49.0 Å². The van der Waals surface area contributed by atoms with Crippen LogP contribution < -0.4 is 0 Å². The molecule has 0 aliphatic carbocycles. The highest BCUT2D eigenvalue weighted by Gasteiger charge is 2.27. The number of thiophene rings is 1. The Balaban J connectivity index is 2.02. The normalized spacial score (nSPS) is 22.1. The largest absolute Gasteiger partial charge is 0.376 e. The second-order valence-electron chi connectivity index (χ2n) is 4.26. The first kappa shape index (κ1) is 12.0. The SMILES string of the molecule is ClC(c1csc2c(Br)cccc12)C1CCCO1. The molecule has 0 saturated carbocycles. The van der Waals surface area contributed by atoms with E-state index in [2.05, 4.69) is 39.5 Å². The van der Waals surface area contributed by atoms with E-state index in [0.29, 0.717) is 0 Å². The van der Waals surface area contributed by atoms with Crippen molar-refractivity contribution in [1.29, 1.82) is 0 Å². The topological polar surface area (TPSA) is 9.23 Å². The van der Waals surface area contributed by atoms with Gasteiger partial charge < -0.3 is 4.74 Å². The van der Waals surface area contributed by atoms with Crippen LogP contribution in [0.15, 0.2) is 28.1 Å². The Hall–Kier alpha value is -0.0900. The molecule has 3 rings (SSSR count). The number of halogens is 2. The fourth-order valence-electron chi connectivity index (χ4n) is 2.29. The van der Waals surface area contributed by atoms with Gasteiger partial charge in [-0.2, -0.15) is 0 Å². The van der Waals surface area contributed by atoms with E-state index in [1.165, 1.54) is 15.6 Å². The summed E-state index contributed by atoms with van der Waals surface area (Å²) in [5, 5.41) is 3.38. The lowest BCUT2D eigenvalue weighted by molar-refractivity contribution is 0.108. The van der Waals surface area contributed by atoms with Crippen molar-refractivity contribution in [1.82, 2.24) is 0 Å². The number of benzene rings is 1. The summed E-state index contributed by atoms with van der Waals surface area (Å²) >= 11 is 11.9. The zero-order valence-corrected chi connectivity index (χ0v) is 12.3. The van der Waals surface area contributed by atoms with Gasteiger partial charge in [0, 0.05) is 15.8 Å². The number of rotatable bonds is 2. The Morgan fingerprint density at radius 1 is 1.47 bits per heavy atom. The second kappa shape index (κ2) is 4.88. The average molecular weight is 332 g/mol. The van der Waals surface area contributed by atoms with Crippen molar-refractivity contribution in [3.05, 3.63) is 33.6 Å². The van der Waals surface area contributed by atoms with Gasteiger partial charge in [0.15, 0.2) is 0 Å². The lowest BCUT2D eigenvalue weighted by Gasteiger charge is -2.16. The highest BCUT2D eigenvalue weighted by molar-refractivity contribution is 9.10. The fraction of sp³-hybridized carbons (Fsp3) is 0.385. The Morgan fingerprint density at radius 2 is 2.35 bits per heavy atom. The molecule has 1 aromatic heterocycles. The van der Waals surface area contributed by atoms with Gasteiger partial charge in [0.1, 0.15) is 0 Å². The van der Waals surface area contributed by atoms with Crippen LogP contribution >= 0.6 is 38.9 Å². The summed E-state index contributed by atoms with van der Waals surface area (Å²) in [6, 6.07) is 6.26. The maximum Gasteiger partial charge on any atom is 0.0861 e. The summed E-state index contributed by atoms with van der Waals surface area (Å²) < 4.78 is 8.09. The maximum absolute atomic E-state index is 6.55. The number of fused-ring (bicyclic) bond motifs is 1. The molecule has 2 atom stereocenters. The molecule has 1 fully saturated rings. The second-order valence-corrected chi connectivity index (χ2v) is 6.46. The van der Waals surface area contributed by atoms with Crippen molar-refractivity contribution in [2.24, 2.45) is 0 Å². The predicted octanol–water partition coefficient (Wildman–Crippen LogP) is 5.12. The number of ether oxygens (including phenoxy) is 1. The van der Waals surface area contributed by atoms with E-state index in [1.54, 1.807) is 11.3 Å². The number of hydrogen-bond acceptors (Lipinski definition) is 2. The van der Waals surface area contributed by atoms with Gasteiger partial charge in [-0.1, -0.05) is 12.1 Å². The predicted molar refractivity (Wildman–Crippen MR) is 77.1 cm³/mol. The lowest BCUT2D eigenvalue weighted by atomic mass is 10.0. The first-order valence-corrected chi connectivity index (χ1v) is 7.79. The molecule has 1 saturated heterocycles. The van der Waals surface area contributed by atoms with Gasteiger partial charge in [0.2, 0.25) is 0 Å². The minimum atomic E-state index is -0.0273. The van der Waals surface area contributed by atoms with Crippen LogP contribution in [0.3, 0.4) is 0 Å². The first-order chi connectivity index (χ1) is 8.27. The van der Waals surface area contributed by atoms with Gasteiger partial charge in [-0.05, 0) is 51.2 Å². The molecule has 0 spiro atoms. The average Bonchev–Trinajstić information content (AvgIpc) is 2.98. The van der Waals surface area contributed by atoms with E-state index in [-0.39, 0.29) is 11.5 Å². The number of hydrogen-bond donors (Lipinski definition) is 0.